The number of benzene rings is 6. The quantitative estimate of drug-likeness (QED) is 0.0593. The van der Waals surface area contributed by atoms with Gasteiger partial charge in [0.05, 0.1) is 28.9 Å². The summed E-state index contributed by atoms with van der Waals surface area (Å²) < 4.78 is 36.5. The molecule has 2 aliphatic rings. The van der Waals surface area contributed by atoms with Gasteiger partial charge in [-0.1, -0.05) is 110 Å². The number of carboxylic acid groups (broad SMARTS) is 2. The number of ether oxygens (including phenoxy) is 1. The van der Waals surface area contributed by atoms with Crippen molar-refractivity contribution in [1.82, 2.24) is 20.4 Å². The highest BCUT2D eigenvalue weighted by Gasteiger charge is 2.30. The lowest BCUT2D eigenvalue weighted by Crippen LogP contribution is -2.15. The molecule has 6 aromatic carbocycles. The molecule has 2 fully saturated rings. The molecule has 0 bridgehead atoms. The molecule has 2 aliphatic carbocycles. The highest BCUT2D eigenvalue weighted by molar-refractivity contribution is 6.04. The molecule has 2 heterocycles. The van der Waals surface area contributed by atoms with Gasteiger partial charge in [-0.25, -0.2) is 9.59 Å². The van der Waals surface area contributed by atoms with Crippen molar-refractivity contribution in [3.05, 3.63) is 207 Å². The summed E-state index contributed by atoms with van der Waals surface area (Å²) in [7, 11) is 1.58. The summed E-state index contributed by atoms with van der Waals surface area (Å²) in [5.74, 6) is -2.19. The minimum absolute atomic E-state index is 0.154. The summed E-state index contributed by atoms with van der Waals surface area (Å²) in [5, 5.41) is 33.2. The largest absolute Gasteiger partial charge is 0.496 e. The molecule has 11 heteroatoms. The van der Waals surface area contributed by atoms with Crippen molar-refractivity contribution in [3.8, 4) is 5.75 Å². The van der Waals surface area contributed by atoms with Gasteiger partial charge < -0.3 is 14.9 Å². The van der Waals surface area contributed by atoms with Crippen LogP contribution in [0.2, 0.25) is 0 Å². The van der Waals surface area contributed by atoms with Crippen molar-refractivity contribution in [2.75, 3.05) is 7.11 Å². The number of nitrogens with one attached hydrogen (secondary N) is 2. The molecule has 0 spiro atoms. The van der Waals surface area contributed by atoms with Gasteiger partial charge in [0.2, 0.25) is 11.9 Å². The standard InChI is InChI=1S/C58H48F2N4O5/c1-69-50-30-34(17-26-51(65)66)16-23-45(50)56(43-21-25-49-47(33-43)58(60)64-62-49)54(39-13-7-14-39)40-15-5-8-35(28-40)29-44-31-41(19-18-36(44)22-27-52(67)68)55(42-20-24-48-46(32-42)57(59)63-61-48)53(38-11-6-12-38)37-9-3-2-4-10-37/h2-5,8-10,15-28,30-33,38-39H,6-7,11-14,29H2,1H3,(H,61,63)(H,62,64)(H,65,66)(H,67,68)/b26-17+,27-22+,55-53-,56-54-. The fourth-order valence-corrected chi connectivity index (χ4v) is 9.87. The molecule has 69 heavy (non-hydrogen) atoms. The molecule has 0 saturated heterocycles. The maximum Gasteiger partial charge on any atom is 0.328 e. The van der Waals surface area contributed by atoms with E-state index in [1.807, 2.05) is 78.9 Å². The highest BCUT2D eigenvalue weighted by atomic mass is 19.1. The molecule has 8 aromatic rings. The fraction of sp³-hybridized carbons (Fsp3) is 0.172. The van der Waals surface area contributed by atoms with Crippen LogP contribution < -0.4 is 4.74 Å². The first-order valence-corrected chi connectivity index (χ1v) is 23.2. The second-order valence-corrected chi connectivity index (χ2v) is 17.8. The number of aromatic amines is 2. The molecule has 4 N–H and O–H groups in total. The van der Waals surface area contributed by atoms with Crippen molar-refractivity contribution in [3.63, 3.8) is 0 Å². The van der Waals surface area contributed by atoms with Gasteiger partial charge in [-0.15, -0.1) is 0 Å². The molecule has 0 radical (unpaired) electrons. The number of fused-ring (bicyclic) bond motifs is 2. The van der Waals surface area contributed by atoms with E-state index in [2.05, 4.69) is 56.8 Å². The lowest BCUT2D eigenvalue weighted by atomic mass is 9.72. The van der Waals surface area contributed by atoms with E-state index in [0.29, 0.717) is 39.5 Å². The Labute approximate surface area is 397 Å². The predicted octanol–water partition coefficient (Wildman–Crippen LogP) is 13.0. The third kappa shape index (κ3) is 9.15. The second-order valence-electron chi connectivity index (χ2n) is 17.8. The van der Waals surface area contributed by atoms with Crippen LogP contribution in [-0.2, 0) is 16.0 Å². The number of methoxy groups -OCH3 is 1. The molecule has 344 valence electrons. The van der Waals surface area contributed by atoms with Crippen LogP contribution in [0.15, 0.2) is 140 Å². The van der Waals surface area contributed by atoms with Gasteiger partial charge in [-0.3, -0.25) is 10.2 Å². The van der Waals surface area contributed by atoms with Crippen molar-refractivity contribution in [2.45, 2.75) is 44.9 Å². The topological polar surface area (TPSA) is 141 Å². The lowest BCUT2D eigenvalue weighted by Gasteiger charge is -2.32. The van der Waals surface area contributed by atoms with Crippen molar-refractivity contribution >= 4 is 68.2 Å². The summed E-state index contributed by atoms with van der Waals surface area (Å²) >= 11 is 0. The average molecular weight is 919 g/mol. The van der Waals surface area contributed by atoms with Gasteiger partial charge >= 0.3 is 11.9 Å². The summed E-state index contributed by atoms with van der Waals surface area (Å²) in [6, 6.07) is 41.8. The third-order valence-electron chi connectivity index (χ3n) is 13.6. The molecule has 0 unspecified atom stereocenters. The zero-order valence-corrected chi connectivity index (χ0v) is 37.8. The highest BCUT2D eigenvalue weighted by Crippen LogP contribution is 2.49. The van der Waals surface area contributed by atoms with E-state index in [1.54, 1.807) is 25.3 Å². The van der Waals surface area contributed by atoms with Gasteiger partial charge in [-0.05, 0) is 159 Å². The first-order valence-electron chi connectivity index (χ1n) is 23.2. The Balaban J connectivity index is 1.15. The van der Waals surface area contributed by atoms with E-state index in [1.165, 1.54) is 11.6 Å². The predicted molar refractivity (Wildman–Crippen MR) is 267 cm³/mol. The Bertz CT molecular complexity index is 3410. The zero-order valence-electron chi connectivity index (χ0n) is 37.8. The zero-order chi connectivity index (χ0) is 47.6. The number of aliphatic carboxylic acids is 2. The van der Waals surface area contributed by atoms with Crippen molar-refractivity contribution in [2.24, 2.45) is 11.8 Å². The summed E-state index contributed by atoms with van der Waals surface area (Å²) in [5.41, 5.74) is 13.8. The van der Waals surface area contributed by atoms with Gasteiger partial charge in [0, 0.05) is 17.7 Å². The number of halogens is 2. The number of hydrogen-bond donors (Lipinski definition) is 4. The molecule has 2 saturated carbocycles. The second kappa shape index (κ2) is 19.2. The van der Waals surface area contributed by atoms with Crippen LogP contribution in [0, 0.1) is 23.7 Å². The molecule has 0 amide bonds. The average Bonchev–Trinajstić information content (AvgIpc) is 3.89. The van der Waals surface area contributed by atoms with E-state index < -0.39 is 23.8 Å². The maximum absolute atomic E-state index is 15.2. The Morgan fingerprint density at radius 1 is 0.623 bits per heavy atom. The third-order valence-corrected chi connectivity index (χ3v) is 13.6. The summed E-state index contributed by atoms with van der Waals surface area (Å²) in [6.07, 6.45) is 11.9. The van der Waals surface area contributed by atoms with Gasteiger partial charge in [0.1, 0.15) is 5.75 Å². The van der Waals surface area contributed by atoms with Crippen LogP contribution in [0.25, 0.3) is 56.3 Å². The van der Waals surface area contributed by atoms with Gasteiger partial charge in [0.25, 0.3) is 0 Å². The van der Waals surface area contributed by atoms with Crippen LogP contribution >= 0.6 is 0 Å². The first kappa shape index (κ1) is 44.6. The molecule has 0 aliphatic heterocycles. The van der Waals surface area contributed by atoms with E-state index in [-0.39, 0.29) is 11.8 Å². The number of hydrogen-bond acceptors (Lipinski definition) is 5. The summed E-state index contributed by atoms with van der Waals surface area (Å²) in [4.78, 5) is 23.4. The molecular weight excluding hydrogens is 871 g/mol. The minimum Gasteiger partial charge on any atom is -0.496 e. The van der Waals surface area contributed by atoms with Gasteiger partial charge in [0.15, 0.2) is 0 Å². The van der Waals surface area contributed by atoms with Crippen LogP contribution in [0.4, 0.5) is 8.78 Å². The SMILES string of the molecule is COc1cc(/C=C/C(=O)O)ccc1/C(=C(\c1cccc(Cc2cc(/C(=C(\c3ccccc3)C3CCC3)c3ccc4n[nH]c(F)c4c3)ccc2/C=C/C(=O)O)c1)C1CCC1)c1ccc2n[nH]c(F)c2c1. The first-order chi connectivity index (χ1) is 33.6. The number of carboxylic acids is 2. The monoisotopic (exact) mass is 918 g/mol. The van der Waals surface area contributed by atoms with Gasteiger partial charge in [-0.2, -0.15) is 19.0 Å². The smallest absolute Gasteiger partial charge is 0.328 e. The number of allylic oxidation sites excluding steroid dienone is 2. The Hall–Kier alpha value is -8.18. The lowest BCUT2D eigenvalue weighted by molar-refractivity contribution is -0.132. The Morgan fingerprint density at radius 2 is 1.20 bits per heavy atom. The molecule has 9 nitrogen and oxygen atoms in total. The number of aromatic nitrogens is 4. The van der Waals surface area contributed by atoms with E-state index in [0.717, 1.165) is 117 Å². The van der Waals surface area contributed by atoms with E-state index in [4.69, 9.17) is 4.74 Å². The van der Waals surface area contributed by atoms with Crippen LogP contribution in [0.5, 0.6) is 5.75 Å². The number of rotatable bonds is 15. The molecule has 0 atom stereocenters. The van der Waals surface area contributed by atoms with Crippen molar-refractivity contribution < 1.29 is 33.3 Å². The number of carbonyl (C=O) groups is 2. The number of nitrogens with zero attached hydrogens (tertiary/aromatic N) is 2. The minimum atomic E-state index is -1.07. The fourth-order valence-electron chi connectivity index (χ4n) is 9.87. The Morgan fingerprint density at radius 3 is 1.81 bits per heavy atom. The van der Waals surface area contributed by atoms with Crippen molar-refractivity contribution in [1.29, 1.82) is 0 Å². The molecule has 2 aromatic heterocycles. The van der Waals surface area contributed by atoms with E-state index in [9.17, 15) is 19.8 Å². The number of H-pyrrole nitrogens is 2. The molecular formula is C58H48F2N4O5. The normalized spacial score (nSPS) is 15.1. The maximum atomic E-state index is 15.2. The van der Waals surface area contributed by atoms with Crippen LogP contribution in [-0.4, -0.2) is 49.7 Å². The van der Waals surface area contributed by atoms with Crippen LogP contribution in [0.1, 0.15) is 94.2 Å². The molecule has 10 rings (SSSR count). The van der Waals surface area contributed by atoms with E-state index >= 15 is 8.78 Å². The van der Waals surface area contributed by atoms with Crippen LogP contribution in [0.3, 0.4) is 0 Å². The Kier molecular flexibility index (Phi) is 12.4. The summed E-state index contributed by atoms with van der Waals surface area (Å²) in [6.45, 7) is 0.